The van der Waals surface area contributed by atoms with Crippen molar-refractivity contribution in [2.45, 2.75) is 51.5 Å². The van der Waals surface area contributed by atoms with Crippen molar-refractivity contribution in [1.29, 1.82) is 0 Å². The number of carbonyl (C=O) groups excluding carboxylic acids is 1. The van der Waals surface area contributed by atoms with E-state index >= 15 is 0 Å². The first-order valence-electron chi connectivity index (χ1n) is 7.44. The van der Waals surface area contributed by atoms with Gasteiger partial charge in [0.15, 0.2) is 0 Å². The van der Waals surface area contributed by atoms with E-state index in [9.17, 15) is 4.79 Å². The molecule has 4 nitrogen and oxygen atoms in total. The van der Waals surface area contributed by atoms with Crippen LogP contribution >= 0.6 is 0 Å². The number of unbranched alkanes of at least 4 members (excludes halogenated alkanes) is 3. The van der Waals surface area contributed by atoms with Gasteiger partial charge < -0.3 is 10.5 Å². The van der Waals surface area contributed by atoms with Crippen molar-refractivity contribution in [3.8, 4) is 0 Å². The van der Waals surface area contributed by atoms with Gasteiger partial charge in [0, 0.05) is 24.7 Å². The Kier molecular flexibility index (Phi) is 7.75. The molecule has 0 aromatic rings. The number of hydrogen-bond donors (Lipinski definition) is 1. The molecule has 1 unspecified atom stereocenters. The molecular weight excluding hydrogens is 240 g/mol. The van der Waals surface area contributed by atoms with E-state index in [0.717, 1.165) is 32.7 Å². The summed E-state index contributed by atoms with van der Waals surface area (Å²) in [7, 11) is 0. The lowest BCUT2D eigenvalue weighted by molar-refractivity contribution is -0.114. The third-order valence-electron chi connectivity index (χ3n) is 3.78. The van der Waals surface area contributed by atoms with Crippen molar-refractivity contribution < 1.29 is 9.53 Å². The number of carbonyl (C=O) groups is 1. The zero-order valence-electron chi connectivity index (χ0n) is 12.2. The fraction of sp³-hybridized carbons (Fsp3) is 0.800. The topological polar surface area (TPSA) is 55.6 Å². The van der Waals surface area contributed by atoms with E-state index in [1.54, 1.807) is 0 Å². The maximum Gasteiger partial charge on any atom is 0.244 e. The average molecular weight is 268 g/mol. The van der Waals surface area contributed by atoms with E-state index in [4.69, 9.17) is 10.5 Å². The minimum absolute atomic E-state index is 0.369. The molecule has 19 heavy (non-hydrogen) atoms. The summed E-state index contributed by atoms with van der Waals surface area (Å²) in [6, 6.07) is 0.390. The normalized spacial score (nSPS) is 18.2. The molecule has 0 aliphatic carbocycles. The predicted molar refractivity (Wildman–Crippen MR) is 77.9 cm³/mol. The van der Waals surface area contributed by atoms with Crippen LogP contribution in [0.5, 0.6) is 0 Å². The number of nitrogens with two attached hydrogens (primary N) is 1. The maximum absolute atomic E-state index is 11.2. The van der Waals surface area contributed by atoms with Gasteiger partial charge in [-0.2, -0.15) is 0 Å². The van der Waals surface area contributed by atoms with Crippen LogP contribution in [0.15, 0.2) is 12.2 Å². The van der Waals surface area contributed by atoms with Gasteiger partial charge in [-0.1, -0.05) is 39.2 Å². The highest BCUT2D eigenvalue weighted by Crippen LogP contribution is 2.18. The van der Waals surface area contributed by atoms with Crippen LogP contribution in [0.25, 0.3) is 0 Å². The van der Waals surface area contributed by atoms with Crippen LogP contribution < -0.4 is 5.73 Å². The van der Waals surface area contributed by atoms with Crippen LogP contribution in [0.2, 0.25) is 0 Å². The van der Waals surface area contributed by atoms with Crippen molar-refractivity contribution in [1.82, 2.24) is 4.90 Å². The predicted octanol–water partition coefficient (Wildman–Crippen LogP) is 2.09. The molecular formula is C15H28N2O2. The number of primary amides is 1. The summed E-state index contributed by atoms with van der Waals surface area (Å²) < 4.78 is 5.39. The highest BCUT2D eigenvalue weighted by atomic mass is 16.5. The fourth-order valence-corrected chi connectivity index (χ4v) is 2.55. The Hall–Kier alpha value is -0.870. The van der Waals surface area contributed by atoms with Crippen molar-refractivity contribution in [2.24, 2.45) is 5.73 Å². The molecule has 1 heterocycles. The molecule has 0 radical (unpaired) electrons. The molecule has 0 aromatic heterocycles. The smallest absolute Gasteiger partial charge is 0.244 e. The van der Waals surface area contributed by atoms with E-state index in [1.165, 1.54) is 25.7 Å². The summed E-state index contributed by atoms with van der Waals surface area (Å²) in [5, 5.41) is 0. The summed E-state index contributed by atoms with van der Waals surface area (Å²) in [4.78, 5) is 13.6. The van der Waals surface area contributed by atoms with Crippen LogP contribution in [0, 0.1) is 0 Å². The molecule has 0 bridgehead atoms. The van der Waals surface area contributed by atoms with Gasteiger partial charge in [0.25, 0.3) is 0 Å². The number of amides is 1. The van der Waals surface area contributed by atoms with Gasteiger partial charge in [0.05, 0.1) is 13.2 Å². The summed E-state index contributed by atoms with van der Waals surface area (Å²) in [5.41, 5.74) is 5.86. The van der Waals surface area contributed by atoms with Crippen molar-refractivity contribution in [2.75, 3.05) is 26.3 Å². The Bertz CT molecular complexity index is 286. The van der Waals surface area contributed by atoms with Crippen LogP contribution in [0.3, 0.4) is 0 Å². The minimum atomic E-state index is -0.369. The van der Waals surface area contributed by atoms with Crippen molar-refractivity contribution in [3.63, 3.8) is 0 Å². The van der Waals surface area contributed by atoms with Gasteiger partial charge in [0.2, 0.25) is 5.91 Å². The Balaban J connectivity index is 2.45. The Morgan fingerprint density at radius 3 is 2.58 bits per heavy atom. The van der Waals surface area contributed by atoms with E-state index in [-0.39, 0.29) is 5.91 Å². The number of morpholine rings is 1. The monoisotopic (exact) mass is 268 g/mol. The first-order chi connectivity index (χ1) is 9.15. The number of ether oxygens (including phenoxy) is 1. The highest BCUT2D eigenvalue weighted by molar-refractivity contribution is 5.91. The van der Waals surface area contributed by atoms with Crippen LogP contribution in [0.1, 0.15) is 45.4 Å². The van der Waals surface area contributed by atoms with E-state index in [1.807, 2.05) is 0 Å². The van der Waals surface area contributed by atoms with E-state index in [0.29, 0.717) is 18.0 Å². The first kappa shape index (κ1) is 16.2. The van der Waals surface area contributed by atoms with E-state index in [2.05, 4.69) is 18.4 Å². The third-order valence-corrected chi connectivity index (χ3v) is 3.78. The third kappa shape index (κ3) is 6.21. The molecule has 1 aliphatic heterocycles. The standard InChI is InChI=1S/C15H28N2O2/c1-3-4-5-6-7-14(12-13(2)15(16)18)17-8-10-19-11-9-17/h14H,2-12H2,1H3,(H2,16,18). The van der Waals surface area contributed by atoms with E-state index < -0.39 is 0 Å². The zero-order chi connectivity index (χ0) is 14.1. The van der Waals surface area contributed by atoms with Crippen LogP contribution in [-0.2, 0) is 9.53 Å². The molecule has 1 fully saturated rings. The molecule has 0 spiro atoms. The number of rotatable bonds is 9. The SMILES string of the molecule is C=C(CC(CCCCCC)N1CCOCC1)C(N)=O. The lowest BCUT2D eigenvalue weighted by Gasteiger charge is -2.34. The lowest BCUT2D eigenvalue weighted by Crippen LogP contribution is -2.44. The fourth-order valence-electron chi connectivity index (χ4n) is 2.55. The highest BCUT2D eigenvalue weighted by Gasteiger charge is 2.22. The Morgan fingerprint density at radius 2 is 2.00 bits per heavy atom. The summed E-state index contributed by atoms with van der Waals surface area (Å²) >= 11 is 0. The molecule has 0 aromatic carbocycles. The second-order valence-electron chi connectivity index (χ2n) is 5.32. The number of nitrogens with zero attached hydrogens (tertiary/aromatic N) is 1. The molecule has 1 saturated heterocycles. The maximum atomic E-state index is 11.2. The minimum Gasteiger partial charge on any atom is -0.379 e. The largest absolute Gasteiger partial charge is 0.379 e. The van der Waals surface area contributed by atoms with Gasteiger partial charge in [-0.15, -0.1) is 0 Å². The van der Waals surface area contributed by atoms with Gasteiger partial charge in [-0.3, -0.25) is 9.69 Å². The summed E-state index contributed by atoms with van der Waals surface area (Å²) in [6.45, 7) is 9.49. The van der Waals surface area contributed by atoms with Crippen molar-refractivity contribution in [3.05, 3.63) is 12.2 Å². The first-order valence-corrected chi connectivity index (χ1v) is 7.44. The zero-order valence-corrected chi connectivity index (χ0v) is 12.2. The summed E-state index contributed by atoms with van der Waals surface area (Å²) in [6.07, 6.45) is 6.82. The molecule has 110 valence electrons. The molecule has 1 amide bonds. The van der Waals surface area contributed by atoms with Gasteiger partial charge in [0.1, 0.15) is 0 Å². The van der Waals surface area contributed by atoms with Crippen LogP contribution in [0.4, 0.5) is 0 Å². The van der Waals surface area contributed by atoms with Gasteiger partial charge in [-0.05, 0) is 12.8 Å². The molecule has 1 rings (SSSR count). The average Bonchev–Trinajstić information content (AvgIpc) is 2.42. The molecule has 1 atom stereocenters. The van der Waals surface area contributed by atoms with Gasteiger partial charge in [-0.25, -0.2) is 0 Å². The molecule has 1 aliphatic rings. The second-order valence-corrected chi connectivity index (χ2v) is 5.32. The lowest BCUT2D eigenvalue weighted by atomic mass is 9.98. The molecule has 0 saturated carbocycles. The van der Waals surface area contributed by atoms with Crippen LogP contribution in [-0.4, -0.2) is 43.2 Å². The van der Waals surface area contributed by atoms with Gasteiger partial charge >= 0.3 is 0 Å². The van der Waals surface area contributed by atoms with Crippen molar-refractivity contribution >= 4 is 5.91 Å². The summed E-state index contributed by atoms with van der Waals surface area (Å²) in [5.74, 6) is -0.369. The Labute approximate surface area is 117 Å². The Morgan fingerprint density at radius 1 is 1.32 bits per heavy atom. The second kappa shape index (κ2) is 9.10. The molecule has 2 N–H and O–H groups in total. The molecule has 4 heteroatoms. The quantitative estimate of drug-likeness (QED) is 0.514. The number of hydrogen-bond acceptors (Lipinski definition) is 3.